The Morgan fingerprint density at radius 2 is 1.67 bits per heavy atom. The highest BCUT2D eigenvalue weighted by Crippen LogP contribution is 2.17. The van der Waals surface area contributed by atoms with Gasteiger partial charge in [0.05, 0.1) is 6.42 Å². The van der Waals surface area contributed by atoms with Crippen LogP contribution in [0.5, 0.6) is 5.75 Å². The van der Waals surface area contributed by atoms with Gasteiger partial charge in [0, 0.05) is 13.1 Å². The predicted molar refractivity (Wildman–Crippen MR) is 90.7 cm³/mol. The molecule has 0 fully saturated rings. The monoisotopic (exact) mass is 381 g/mol. The van der Waals surface area contributed by atoms with Crippen molar-refractivity contribution in [2.75, 3.05) is 6.54 Å². The third-order valence-corrected chi connectivity index (χ3v) is 3.42. The molecule has 8 heteroatoms. The van der Waals surface area contributed by atoms with Gasteiger partial charge in [-0.1, -0.05) is 42.5 Å². The Morgan fingerprint density at radius 1 is 0.963 bits per heavy atom. The molecule has 0 bridgehead atoms. The van der Waals surface area contributed by atoms with Crippen molar-refractivity contribution in [2.45, 2.75) is 25.7 Å². The Hall–Kier alpha value is -2.87. The summed E-state index contributed by atoms with van der Waals surface area (Å²) in [5.41, 5.74) is 1.91. The number of carbonyl (C=O) groups is 2. The van der Waals surface area contributed by atoms with Gasteiger partial charge in [-0.05, 0) is 23.3 Å². The first kappa shape index (κ1) is 20.4. The summed E-state index contributed by atoms with van der Waals surface area (Å²) in [6, 6.07) is 17.0. The van der Waals surface area contributed by atoms with Gasteiger partial charge in [-0.15, -0.1) is 0 Å². The Kier molecular flexibility index (Phi) is 7.36. The van der Waals surface area contributed by atoms with Crippen molar-refractivity contribution < 1.29 is 32.2 Å². The zero-order valence-electron chi connectivity index (χ0n) is 14.3. The van der Waals surface area contributed by atoms with Gasteiger partial charge >= 0.3 is 18.1 Å². The maximum atomic E-state index is 12.0. The number of ether oxygens (including phenoxy) is 2. The molecule has 0 unspecified atom stereocenters. The molecule has 27 heavy (non-hydrogen) atoms. The van der Waals surface area contributed by atoms with Gasteiger partial charge in [0.2, 0.25) is 0 Å². The molecule has 0 spiro atoms. The lowest BCUT2D eigenvalue weighted by atomic mass is 10.2. The summed E-state index contributed by atoms with van der Waals surface area (Å²) in [6.45, 7) is 0.874. The van der Waals surface area contributed by atoms with Crippen LogP contribution in [0.1, 0.15) is 17.5 Å². The summed E-state index contributed by atoms with van der Waals surface area (Å²) in [4.78, 5) is 21.7. The molecule has 0 saturated heterocycles. The predicted octanol–water partition coefficient (Wildman–Crippen LogP) is 3.38. The van der Waals surface area contributed by atoms with E-state index in [2.05, 4.69) is 10.1 Å². The van der Waals surface area contributed by atoms with E-state index in [1.807, 2.05) is 54.6 Å². The molecule has 2 aromatic rings. The number of hydrogen-bond donors (Lipinski definition) is 1. The minimum absolute atomic E-state index is 0.0685. The largest absolute Gasteiger partial charge is 0.491 e. The molecular formula is C19H18F3NO4. The van der Waals surface area contributed by atoms with Gasteiger partial charge in [-0.2, -0.15) is 13.2 Å². The Morgan fingerprint density at radius 3 is 2.37 bits per heavy atom. The van der Waals surface area contributed by atoms with Gasteiger partial charge in [0.15, 0.2) is 0 Å². The third-order valence-electron chi connectivity index (χ3n) is 3.42. The lowest BCUT2D eigenvalue weighted by molar-refractivity contribution is -0.201. The molecule has 1 N–H and O–H groups in total. The van der Waals surface area contributed by atoms with Crippen molar-refractivity contribution in [1.82, 2.24) is 5.32 Å². The van der Waals surface area contributed by atoms with Crippen molar-refractivity contribution >= 4 is 11.9 Å². The highest BCUT2D eigenvalue weighted by Gasteiger charge is 2.42. The van der Waals surface area contributed by atoms with Crippen LogP contribution < -0.4 is 10.1 Å². The van der Waals surface area contributed by atoms with Gasteiger partial charge in [0.25, 0.3) is 0 Å². The van der Waals surface area contributed by atoms with E-state index in [-0.39, 0.29) is 13.0 Å². The average molecular weight is 381 g/mol. The highest BCUT2D eigenvalue weighted by atomic mass is 19.4. The standard InChI is InChI=1S/C19H18F3NO4/c20-19(21,22)18(25)27-17(24)9-10-23-12-15-7-4-8-16(11-15)26-13-14-5-2-1-3-6-14/h1-8,11,23H,9-10,12-13H2. The van der Waals surface area contributed by atoms with Gasteiger partial charge in [0.1, 0.15) is 12.4 Å². The van der Waals surface area contributed by atoms with Crippen molar-refractivity contribution in [3.05, 3.63) is 65.7 Å². The molecule has 5 nitrogen and oxygen atoms in total. The molecule has 0 aliphatic carbocycles. The summed E-state index contributed by atoms with van der Waals surface area (Å²) in [5.74, 6) is -3.06. The minimum atomic E-state index is -5.18. The summed E-state index contributed by atoms with van der Waals surface area (Å²) >= 11 is 0. The van der Waals surface area contributed by atoms with Crippen LogP contribution >= 0.6 is 0 Å². The van der Waals surface area contributed by atoms with Gasteiger partial charge in [-0.25, -0.2) is 4.79 Å². The molecule has 2 aromatic carbocycles. The molecule has 0 radical (unpaired) electrons. The van der Waals surface area contributed by atoms with Gasteiger partial charge < -0.3 is 14.8 Å². The van der Waals surface area contributed by atoms with Crippen LogP contribution in [0.15, 0.2) is 54.6 Å². The molecule has 0 aliphatic heterocycles. The fraction of sp³-hybridized carbons (Fsp3) is 0.263. The maximum absolute atomic E-state index is 12.0. The summed E-state index contributed by atoms with van der Waals surface area (Å²) in [7, 11) is 0. The second kappa shape index (κ2) is 9.72. The highest BCUT2D eigenvalue weighted by molar-refractivity contribution is 5.88. The fourth-order valence-corrected chi connectivity index (χ4v) is 2.12. The van der Waals surface area contributed by atoms with Crippen LogP contribution in [0, 0.1) is 0 Å². The number of alkyl halides is 3. The molecular weight excluding hydrogens is 363 g/mol. The zero-order chi connectivity index (χ0) is 19.7. The molecule has 2 rings (SSSR count). The van der Waals surface area contributed by atoms with Crippen molar-refractivity contribution in [1.29, 1.82) is 0 Å². The molecule has 0 heterocycles. The Labute approximate surface area is 154 Å². The smallest absolute Gasteiger partial charge is 0.489 e. The van der Waals surface area contributed by atoms with Crippen LogP contribution in [0.3, 0.4) is 0 Å². The number of esters is 2. The number of benzene rings is 2. The molecule has 0 aromatic heterocycles. The molecule has 144 valence electrons. The van der Waals surface area contributed by atoms with Crippen molar-refractivity contribution in [2.24, 2.45) is 0 Å². The van der Waals surface area contributed by atoms with E-state index in [4.69, 9.17) is 4.74 Å². The molecule has 0 amide bonds. The van der Waals surface area contributed by atoms with Crippen LogP contribution in [0.4, 0.5) is 13.2 Å². The van der Waals surface area contributed by atoms with Crippen molar-refractivity contribution in [3.63, 3.8) is 0 Å². The summed E-state index contributed by atoms with van der Waals surface area (Å²) in [6.07, 6.45) is -5.53. The van der Waals surface area contributed by atoms with E-state index in [9.17, 15) is 22.8 Å². The van der Waals surface area contributed by atoms with Crippen LogP contribution in [-0.4, -0.2) is 24.7 Å². The summed E-state index contributed by atoms with van der Waals surface area (Å²) < 4.78 is 45.3. The van der Waals surface area contributed by atoms with Crippen LogP contribution in [0.25, 0.3) is 0 Å². The normalized spacial score (nSPS) is 11.1. The first-order valence-corrected chi connectivity index (χ1v) is 8.13. The summed E-state index contributed by atoms with van der Waals surface area (Å²) in [5, 5.41) is 2.90. The van der Waals surface area contributed by atoms with Crippen LogP contribution in [-0.2, 0) is 27.5 Å². The second-order valence-corrected chi connectivity index (χ2v) is 5.61. The van der Waals surface area contributed by atoms with Crippen LogP contribution in [0.2, 0.25) is 0 Å². The molecule has 0 aliphatic rings. The SMILES string of the molecule is O=C(CCNCc1cccc(OCc2ccccc2)c1)OC(=O)C(F)(F)F. The fourth-order valence-electron chi connectivity index (χ4n) is 2.12. The topological polar surface area (TPSA) is 64.6 Å². The van der Waals surface area contributed by atoms with E-state index in [0.29, 0.717) is 18.9 Å². The third kappa shape index (κ3) is 7.49. The quantitative estimate of drug-likeness (QED) is 0.432. The number of carbonyl (C=O) groups excluding carboxylic acids is 2. The lowest BCUT2D eigenvalue weighted by Crippen LogP contribution is -2.29. The number of hydrogen-bond acceptors (Lipinski definition) is 5. The molecule has 0 atom stereocenters. The Bertz CT molecular complexity index is 763. The lowest BCUT2D eigenvalue weighted by Gasteiger charge is -2.09. The van der Waals surface area contributed by atoms with E-state index in [1.165, 1.54) is 0 Å². The number of rotatable bonds is 8. The first-order chi connectivity index (χ1) is 12.8. The van der Waals surface area contributed by atoms with E-state index in [1.54, 1.807) is 0 Å². The van der Waals surface area contributed by atoms with Crippen molar-refractivity contribution in [3.8, 4) is 5.75 Å². The number of nitrogens with one attached hydrogen (secondary N) is 1. The average Bonchev–Trinajstić information content (AvgIpc) is 2.64. The van der Waals surface area contributed by atoms with E-state index >= 15 is 0 Å². The number of halogens is 3. The maximum Gasteiger partial charge on any atom is 0.491 e. The Balaban J connectivity index is 1.72. The zero-order valence-corrected chi connectivity index (χ0v) is 14.3. The van der Waals surface area contributed by atoms with E-state index in [0.717, 1.165) is 11.1 Å². The van der Waals surface area contributed by atoms with Gasteiger partial charge in [-0.3, -0.25) is 4.79 Å². The minimum Gasteiger partial charge on any atom is -0.489 e. The molecule has 0 saturated carbocycles. The first-order valence-electron chi connectivity index (χ1n) is 8.13. The second-order valence-electron chi connectivity index (χ2n) is 5.61. The van der Waals surface area contributed by atoms with E-state index < -0.39 is 18.1 Å².